The number of aromatic nitrogens is 4. The molecular weight excluding hydrogens is 502 g/mol. The van der Waals surface area contributed by atoms with Crippen LogP contribution in [0.5, 0.6) is 5.75 Å². The van der Waals surface area contributed by atoms with Crippen LogP contribution in [0.4, 0.5) is 17.2 Å². The third kappa shape index (κ3) is 4.93. The normalized spacial score (nSPS) is 11.0. The zero-order valence-corrected chi connectivity index (χ0v) is 20.3. The molecule has 3 aromatic carbocycles. The van der Waals surface area contributed by atoms with E-state index in [4.69, 9.17) is 0 Å². The number of carbonyl (C=O) groups excluding carboxylic acids is 3. The summed E-state index contributed by atoms with van der Waals surface area (Å²) in [6.07, 6.45) is 4.88. The van der Waals surface area contributed by atoms with Crippen LogP contribution in [0.3, 0.4) is 0 Å². The van der Waals surface area contributed by atoms with Gasteiger partial charge in [0.05, 0.1) is 30.0 Å². The molecule has 0 aliphatic heterocycles. The number of rotatable bonds is 7. The maximum atomic E-state index is 13.2. The minimum atomic E-state index is -0.614. The van der Waals surface area contributed by atoms with Crippen LogP contribution in [0.25, 0.3) is 16.7 Å². The van der Waals surface area contributed by atoms with Gasteiger partial charge < -0.3 is 15.2 Å². The molecule has 39 heavy (non-hydrogen) atoms. The Labute approximate surface area is 220 Å². The van der Waals surface area contributed by atoms with Gasteiger partial charge in [0.15, 0.2) is 17.9 Å². The SMILES string of the molecule is COC(=O)c1ccc(NC(=O)c2cc3ccccc3c(/N=N/c3c(C=O)cnn3-c3ncccn3)c2O)cc1. The number of esters is 1. The molecule has 0 aliphatic rings. The van der Waals surface area contributed by atoms with Crippen molar-refractivity contribution in [1.82, 2.24) is 19.7 Å². The second kappa shape index (κ2) is 10.7. The molecule has 5 aromatic rings. The minimum absolute atomic E-state index is 0.0119. The van der Waals surface area contributed by atoms with E-state index in [1.54, 1.807) is 30.3 Å². The summed E-state index contributed by atoms with van der Waals surface area (Å²) in [7, 11) is 1.28. The Balaban J connectivity index is 1.54. The maximum absolute atomic E-state index is 13.2. The van der Waals surface area contributed by atoms with Gasteiger partial charge in [-0.25, -0.2) is 14.8 Å². The third-order valence-corrected chi connectivity index (χ3v) is 5.69. The summed E-state index contributed by atoms with van der Waals surface area (Å²) < 4.78 is 5.92. The lowest BCUT2D eigenvalue weighted by atomic mass is 10.0. The summed E-state index contributed by atoms with van der Waals surface area (Å²) in [4.78, 5) is 44.7. The lowest BCUT2D eigenvalue weighted by Crippen LogP contribution is -2.12. The summed E-state index contributed by atoms with van der Waals surface area (Å²) >= 11 is 0. The summed E-state index contributed by atoms with van der Waals surface area (Å²) in [5.74, 6) is -1.33. The van der Waals surface area contributed by atoms with Crippen LogP contribution >= 0.6 is 0 Å². The molecule has 12 nitrogen and oxygen atoms in total. The zero-order chi connectivity index (χ0) is 27.4. The number of aromatic hydroxyl groups is 1. The molecule has 2 aromatic heterocycles. The average Bonchev–Trinajstić information content (AvgIpc) is 3.39. The average molecular weight is 521 g/mol. The Morgan fingerprint density at radius 1 is 1.03 bits per heavy atom. The molecule has 12 heteroatoms. The molecule has 192 valence electrons. The summed E-state index contributed by atoms with van der Waals surface area (Å²) in [5.41, 5.74) is 0.791. The first-order chi connectivity index (χ1) is 19.0. The highest BCUT2D eigenvalue weighted by Crippen LogP contribution is 2.40. The van der Waals surface area contributed by atoms with Crippen molar-refractivity contribution in [2.24, 2.45) is 10.2 Å². The number of carbonyl (C=O) groups is 3. The second-order valence-electron chi connectivity index (χ2n) is 8.07. The fraction of sp³-hybridized carbons (Fsp3) is 0.0370. The third-order valence-electron chi connectivity index (χ3n) is 5.69. The summed E-state index contributed by atoms with van der Waals surface area (Å²) in [5, 5.41) is 27.5. The summed E-state index contributed by atoms with van der Waals surface area (Å²) in [6, 6.07) is 16.2. The molecule has 0 spiro atoms. The largest absolute Gasteiger partial charge is 0.505 e. The number of aldehydes is 1. The van der Waals surface area contributed by atoms with Gasteiger partial charge in [0.1, 0.15) is 5.69 Å². The fourth-order valence-corrected chi connectivity index (χ4v) is 3.78. The monoisotopic (exact) mass is 521 g/mol. The van der Waals surface area contributed by atoms with Gasteiger partial charge in [-0.15, -0.1) is 10.2 Å². The van der Waals surface area contributed by atoms with E-state index < -0.39 is 17.6 Å². The number of hydrogen-bond acceptors (Lipinski definition) is 10. The van der Waals surface area contributed by atoms with Crippen LogP contribution in [-0.4, -0.2) is 50.1 Å². The predicted octanol–water partition coefficient (Wildman–Crippen LogP) is 4.79. The van der Waals surface area contributed by atoms with Crippen LogP contribution in [0, 0.1) is 0 Å². The molecular formula is C27H19N7O5. The minimum Gasteiger partial charge on any atom is -0.505 e. The van der Waals surface area contributed by atoms with Crippen molar-refractivity contribution in [2.45, 2.75) is 0 Å². The number of fused-ring (bicyclic) bond motifs is 1. The van der Waals surface area contributed by atoms with Gasteiger partial charge in [0.25, 0.3) is 11.9 Å². The van der Waals surface area contributed by atoms with Crippen molar-refractivity contribution in [2.75, 3.05) is 12.4 Å². The Hall–Kier alpha value is -5.78. The smallest absolute Gasteiger partial charge is 0.337 e. The van der Waals surface area contributed by atoms with Crippen LogP contribution in [0.1, 0.15) is 31.1 Å². The molecule has 2 heterocycles. The molecule has 2 N–H and O–H groups in total. The highest BCUT2D eigenvalue weighted by Gasteiger charge is 2.20. The molecule has 0 atom stereocenters. The van der Waals surface area contributed by atoms with Gasteiger partial charge in [0.2, 0.25) is 0 Å². The van der Waals surface area contributed by atoms with E-state index in [-0.39, 0.29) is 28.6 Å². The second-order valence-corrected chi connectivity index (χ2v) is 8.07. The summed E-state index contributed by atoms with van der Waals surface area (Å²) in [6.45, 7) is 0. The number of azo groups is 1. The number of anilines is 1. The molecule has 0 aliphatic carbocycles. The van der Waals surface area contributed by atoms with E-state index in [2.05, 4.69) is 35.3 Å². The molecule has 0 unspecified atom stereocenters. The standard InChI is InChI=1S/C27H19N7O5/c1-39-26(38)16-7-9-19(10-8-16)31-25(37)21-13-17-5-2-3-6-20(17)22(23(21)36)32-33-24-18(15-35)14-30-34(24)27-28-11-4-12-29-27/h2-15,36H,1H3,(H,31,37)/b33-32+. The topological polar surface area (TPSA) is 161 Å². The van der Waals surface area contributed by atoms with Gasteiger partial charge in [-0.1, -0.05) is 24.3 Å². The van der Waals surface area contributed by atoms with Gasteiger partial charge in [-0.3, -0.25) is 9.59 Å². The number of phenols is 1. The van der Waals surface area contributed by atoms with E-state index in [0.717, 1.165) is 0 Å². The highest BCUT2D eigenvalue weighted by molar-refractivity contribution is 6.11. The van der Waals surface area contributed by atoms with Crippen molar-refractivity contribution in [3.8, 4) is 11.7 Å². The van der Waals surface area contributed by atoms with Crippen LogP contribution in [-0.2, 0) is 4.74 Å². The molecule has 0 fully saturated rings. The van der Waals surface area contributed by atoms with Crippen LogP contribution in [0.2, 0.25) is 0 Å². The first kappa shape index (κ1) is 24.9. The molecule has 0 saturated heterocycles. The van der Waals surface area contributed by atoms with Crippen molar-refractivity contribution in [3.63, 3.8) is 0 Å². The predicted molar refractivity (Wildman–Crippen MR) is 140 cm³/mol. The van der Waals surface area contributed by atoms with Crippen molar-refractivity contribution < 1.29 is 24.2 Å². The molecule has 0 bridgehead atoms. The van der Waals surface area contributed by atoms with Crippen molar-refractivity contribution >= 4 is 46.1 Å². The maximum Gasteiger partial charge on any atom is 0.337 e. The lowest BCUT2D eigenvalue weighted by molar-refractivity contribution is 0.0600. The Bertz CT molecular complexity index is 1730. The zero-order valence-electron chi connectivity index (χ0n) is 20.3. The van der Waals surface area contributed by atoms with E-state index in [1.165, 1.54) is 60.7 Å². The fourth-order valence-electron chi connectivity index (χ4n) is 3.78. The van der Waals surface area contributed by atoms with Gasteiger partial charge in [0, 0.05) is 23.5 Å². The number of methoxy groups -OCH3 is 1. The number of nitrogens with one attached hydrogen (secondary N) is 1. The Morgan fingerprint density at radius 2 is 1.77 bits per heavy atom. The molecule has 5 rings (SSSR count). The number of amides is 1. The molecule has 0 saturated carbocycles. The number of benzene rings is 3. The van der Waals surface area contributed by atoms with Gasteiger partial charge >= 0.3 is 5.97 Å². The molecule has 1 amide bonds. The molecule has 0 radical (unpaired) electrons. The highest BCUT2D eigenvalue weighted by atomic mass is 16.5. The quantitative estimate of drug-likeness (QED) is 0.176. The van der Waals surface area contributed by atoms with Gasteiger partial charge in [-0.2, -0.15) is 9.78 Å². The number of phenolic OH excluding ortho intramolecular Hbond substituents is 1. The first-order valence-corrected chi connectivity index (χ1v) is 11.5. The van der Waals surface area contributed by atoms with Crippen molar-refractivity contribution in [3.05, 3.63) is 95.9 Å². The van der Waals surface area contributed by atoms with Crippen LogP contribution < -0.4 is 5.32 Å². The van der Waals surface area contributed by atoms with Gasteiger partial charge in [-0.05, 0) is 41.8 Å². The Morgan fingerprint density at radius 3 is 2.49 bits per heavy atom. The first-order valence-electron chi connectivity index (χ1n) is 11.5. The Kier molecular flexibility index (Phi) is 6.82. The lowest BCUT2D eigenvalue weighted by Gasteiger charge is -2.11. The van der Waals surface area contributed by atoms with E-state index >= 15 is 0 Å². The van der Waals surface area contributed by atoms with E-state index in [9.17, 15) is 19.5 Å². The van der Waals surface area contributed by atoms with E-state index in [1.807, 2.05) is 0 Å². The number of ether oxygens (including phenoxy) is 1. The van der Waals surface area contributed by atoms with Crippen molar-refractivity contribution in [1.29, 1.82) is 0 Å². The number of nitrogens with zero attached hydrogens (tertiary/aromatic N) is 6. The van der Waals surface area contributed by atoms with Crippen LogP contribution in [0.15, 0.2) is 89.5 Å². The number of hydrogen-bond donors (Lipinski definition) is 2. The van der Waals surface area contributed by atoms with E-state index in [0.29, 0.717) is 28.3 Å².